The van der Waals surface area contributed by atoms with E-state index in [1.807, 2.05) is 0 Å². The molecule has 0 bridgehead atoms. The van der Waals surface area contributed by atoms with Crippen LogP contribution in [0.15, 0.2) is 36.4 Å². The molecule has 0 radical (unpaired) electrons. The summed E-state index contributed by atoms with van der Waals surface area (Å²) in [5.41, 5.74) is 1.21. The number of carbonyl (C=O) groups is 3. The number of halogens is 1. The summed E-state index contributed by atoms with van der Waals surface area (Å²) in [6, 6.07) is 9.40. The van der Waals surface area contributed by atoms with Crippen LogP contribution < -0.4 is 19.7 Å². The molecule has 1 fully saturated rings. The Bertz CT molecular complexity index is 910. The summed E-state index contributed by atoms with van der Waals surface area (Å²) >= 11 is 6.15. The zero-order chi connectivity index (χ0) is 18.3. The number of rotatable bonds is 3. The second kappa shape index (κ2) is 6.34. The normalized spacial score (nSPS) is 15.5. The summed E-state index contributed by atoms with van der Waals surface area (Å²) in [7, 11) is 0. The lowest BCUT2D eigenvalue weighted by Crippen LogP contribution is -2.28. The third-order valence-electron chi connectivity index (χ3n) is 4.15. The maximum Gasteiger partial charge on any atom is 0.255 e. The van der Waals surface area contributed by atoms with Gasteiger partial charge in [0.25, 0.3) is 5.91 Å². The average Bonchev–Trinajstić information content (AvgIpc) is 3.21. The van der Waals surface area contributed by atoms with Gasteiger partial charge in [0.2, 0.25) is 18.6 Å². The van der Waals surface area contributed by atoms with Crippen LogP contribution in [0.5, 0.6) is 11.5 Å². The molecule has 2 aromatic rings. The molecule has 2 heterocycles. The highest BCUT2D eigenvalue weighted by molar-refractivity contribution is 6.34. The van der Waals surface area contributed by atoms with Gasteiger partial charge in [-0.2, -0.15) is 0 Å². The standard InChI is InChI=1S/C18H13ClN2O5/c19-12-7-14-15(26-9-25-14)8-13(12)20-18(24)10-1-3-11(4-2-10)21-16(22)5-6-17(21)23/h1-4,7-8H,5-6,9H2,(H,20,24). The molecule has 8 heteroatoms. The van der Waals surface area contributed by atoms with Gasteiger partial charge in [0.1, 0.15) is 0 Å². The molecule has 4 rings (SSSR count). The van der Waals surface area contributed by atoms with Crippen molar-refractivity contribution >= 4 is 40.7 Å². The van der Waals surface area contributed by atoms with Gasteiger partial charge in [-0.05, 0) is 24.3 Å². The molecule has 0 atom stereocenters. The van der Waals surface area contributed by atoms with Gasteiger partial charge in [0, 0.05) is 30.5 Å². The summed E-state index contributed by atoms with van der Waals surface area (Å²) in [6.45, 7) is 0.110. The second-order valence-corrected chi connectivity index (χ2v) is 6.22. The van der Waals surface area contributed by atoms with Gasteiger partial charge in [-0.1, -0.05) is 11.6 Å². The van der Waals surface area contributed by atoms with Crippen LogP contribution in [-0.2, 0) is 9.59 Å². The lowest BCUT2D eigenvalue weighted by Gasteiger charge is -2.14. The Balaban J connectivity index is 1.52. The first-order chi connectivity index (χ1) is 12.5. The second-order valence-electron chi connectivity index (χ2n) is 5.81. The number of hydrogen-bond acceptors (Lipinski definition) is 5. The highest BCUT2D eigenvalue weighted by Crippen LogP contribution is 2.39. The molecule has 0 aromatic heterocycles. The van der Waals surface area contributed by atoms with Crippen molar-refractivity contribution in [2.45, 2.75) is 12.8 Å². The number of fused-ring (bicyclic) bond motifs is 1. The minimum atomic E-state index is -0.378. The van der Waals surface area contributed by atoms with Crippen LogP contribution in [0.25, 0.3) is 0 Å². The molecule has 132 valence electrons. The van der Waals surface area contributed by atoms with E-state index in [1.165, 1.54) is 0 Å². The van der Waals surface area contributed by atoms with Gasteiger partial charge in [-0.3, -0.25) is 19.3 Å². The first-order valence-electron chi connectivity index (χ1n) is 7.89. The van der Waals surface area contributed by atoms with E-state index in [0.29, 0.717) is 33.5 Å². The SMILES string of the molecule is O=C(Nc1cc2c(cc1Cl)OCO2)c1ccc(N2C(=O)CCC2=O)cc1. The number of nitrogens with zero attached hydrogens (tertiary/aromatic N) is 1. The van der Waals surface area contributed by atoms with Gasteiger partial charge >= 0.3 is 0 Å². The molecule has 26 heavy (non-hydrogen) atoms. The first kappa shape index (κ1) is 16.4. The van der Waals surface area contributed by atoms with Crippen molar-refractivity contribution in [2.24, 2.45) is 0 Å². The fourth-order valence-corrected chi connectivity index (χ4v) is 3.03. The fourth-order valence-electron chi connectivity index (χ4n) is 2.83. The predicted molar refractivity (Wildman–Crippen MR) is 93.7 cm³/mol. The number of carbonyl (C=O) groups excluding carboxylic acids is 3. The number of ether oxygens (including phenoxy) is 2. The largest absolute Gasteiger partial charge is 0.454 e. The van der Waals surface area contributed by atoms with Crippen molar-refractivity contribution in [3.8, 4) is 11.5 Å². The predicted octanol–water partition coefficient (Wildman–Crippen LogP) is 2.97. The summed E-state index contributed by atoms with van der Waals surface area (Å²) in [4.78, 5) is 37.1. The Hall–Kier alpha value is -3.06. The molecule has 7 nitrogen and oxygen atoms in total. The van der Waals surface area contributed by atoms with Crippen molar-refractivity contribution in [3.05, 3.63) is 47.0 Å². The molecular formula is C18H13ClN2O5. The first-order valence-corrected chi connectivity index (χ1v) is 8.27. The van der Waals surface area contributed by atoms with Crippen LogP contribution >= 0.6 is 11.6 Å². The van der Waals surface area contributed by atoms with Crippen molar-refractivity contribution < 1.29 is 23.9 Å². The zero-order valence-corrected chi connectivity index (χ0v) is 14.2. The monoisotopic (exact) mass is 372 g/mol. The Morgan fingerprint density at radius 3 is 2.27 bits per heavy atom. The van der Waals surface area contributed by atoms with E-state index >= 15 is 0 Å². The van der Waals surface area contributed by atoms with E-state index in [4.69, 9.17) is 21.1 Å². The van der Waals surface area contributed by atoms with Gasteiger partial charge in [-0.15, -0.1) is 0 Å². The lowest BCUT2D eigenvalue weighted by molar-refractivity contribution is -0.121. The van der Waals surface area contributed by atoms with Gasteiger partial charge in [0.15, 0.2) is 11.5 Å². The number of imide groups is 1. The third-order valence-corrected chi connectivity index (χ3v) is 4.46. The Morgan fingerprint density at radius 1 is 1.00 bits per heavy atom. The van der Waals surface area contributed by atoms with Gasteiger partial charge in [-0.25, -0.2) is 0 Å². The van der Waals surface area contributed by atoms with E-state index in [-0.39, 0.29) is 37.4 Å². The molecule has 2 aliphatic rings. The fraction of sp³-hybridized carbons (Fsp3) is 0.167. The maximum atomic E-state index is 12.4. The Kier molecular flexibility index (Phi) is 4.00. The van der Waals surface area contributed by atoms with Gasteiger partial charge < -0.3 is 14.8 Å². The van der Waals surface area contributed by atoms with Gasteiger partial charge in [0.05, 0.1) is 16.4 Å². The van der Waals surface area contributed by atoms with Crippen molar-refractivity contribution in [1.82, 2.24) is 0 Å². The molecule has 1 saturated heterocycles. The van der Waals surface area contributed by atoms with Crippen molar-refractivity contribution in [1.29, 1.82) is 0 Å². The minimum absolute atomic E-state index is 0.110. The van der Waals surface area contributed by atoms with Crippen LogP contribution in [0.3, 0.4) is 0 Å². The van der Waals surface area contributed by atoms with E-state index in [2.05, 4.69) is 5.32 Å². The summed E-state index contributed by atoms with van der Waals surface area (Å²) < 4.78 is 10.5. The Morgan fingerprint density at radius 2 is 1.62 bits per heavy atom. The van der Waals surface area contributed by atoms with Crippen LogP contribution in [-0.4, -0.2) is 24.5 Å². The number of hydrogen-bond donors (Lipinski definition) is 1. The molecule has 1 N–H and O–H groups in total. The molecule has 0 spiro atoms. The zero-order valence-electron chi connectivity index (χ0n) is 13.5. The quantitative estimate of drug-likeness (QED) is 0.837. The molecule has 0 saturated carbocycles. The Labute approximate surface area is 153 Å². The van der Waals surface area contributed by atoms with E-state index < -0.39 is 0 Å². The maximum absolute atomic E-state index is 12.4. The summed E-state index contributed by atoms with van der Waals surface area (Å²) in [5, 5.41) is 3.04. The average molecular weight is 373 g/mol. The molecule has 2 aromatic carbocycles. The smallest absolute Gasteiger partial charge is 0.255 e. The summed E-state index contributed by atoms with van der Waals surface area (Å²) in [6.07, 6.45) is 0.424. The lowest BCUT2D eigenvalue weighted by atomic mass is 10.1. The summed E-state index contributed by atoms with van der Waals surface area (Å²) in [5.74, 6) is 0.179. The number of nitrogens with one attached hydrogen (secondary N) is 1. The van der Waals surface area contributed by atoms with E-state index in [0.717, 1.165) is 4.90 Å². The van der Waals surface area contributed by atoms with E-state index in [9.17, 15) is 14.4 Å². The van der Waals surface area contributed by atoms with Crippen LogP contribution in [0.4, 0.5) is 11.4 Å². The van der Waals surface area contributed by atoms with E-state index in [1.54, 1.807) is 36.4 Å². The molecule has 0 unspecified atom stereocenters. The van der Waals surface area contributed by atoms with Crippen LogP contribution in [0.2, 0.25) is 5.02 Å². The molecule has 0 aliphatic carbocycles. The van der Waals surface area contributed by atoms with Crippen molar-refractivity contribution in [3.63, 3.8) is 0 Å². The minimum Gasteiger partial charge on any atom is -0.454 e. The number of amides is 3. The molecular weight excluding hydrogens is 360 g/mol. The van der Waals surface area contributed by atoms with Crippen LogP contribution in [0.1, 0.15) is 23.2 Å². The molecule has 3 amide bonds. The highest BCUT2D eigenvalue weighted by atomic mass is 35.5. The third kappa shape index (κ3) is 2.86. The molecule has 2 aliphatic heterocycles. The highest BCUT2D eigenvalue weighted by Gasteiger charge is 2.30. The number of anilines is 2. The van der Waals surface area contributed by atoms with Crippen LogP contribution in [0, 0.1) is 0 Å². The number of benzene rings is 2. The topological polar surface area (TPSA) is 84.9 Å². The van der Waals surface area contributed by atoms with Crippen molar-refractivity contribution in [2.75, 3.05) is 17.0 Å².